The minimum absolute atomic E-state index is 0.450. The van der Waals surface area contributed by atoms with E-state index in [1.807, 2.05) is 30.3 Å². The van der Waals surface area contributed by atoms with Gasteiger partial charge in [0.15, 0.2) is 0 Å². The Morgan fingerprint density at radius 1 is 1.00 bits per heavy atom. The zero-order valence-corrected chi connectivity index (χ0v) is 21.5. The smallest absolute Gasteiger partial charge is 0.475 e. The van der Waals surface area contributed by atoms with E-state index in [0.717, 1.165) is 39.1 Å². The van der Waals surface area contributed by atoms with Gasteiger partial charge < -0.3 is 15.4 Å². The molecule has 1 heterocycles. The lowest BCUT2D eigenvalue weighted by atomic mass is 10.0. The Labute approximate surface area is 218 Å². The minimum atomic E-state index is -5.08. The Bertz CT molecular complexity index is 1450. The maximum atomic E-state index is 11.4. The number of carboxylic acids is 1. The van der Waals surface area contributed by atoms with E-state index in [4.69, 9.17) is 14.9 Å². The molecular formula is C26H27F3N4O4S. The third kappa shape index (κ3) is 8.13. The van der Waals surface area contributed by atoms with Crippen molar-refractivity contribution < 1.29 is 31.5 Å². The number of fused-ring (bicyclic) bond motifs is 1. The highest BCUT2D eigenvalue weighted by Gasteiger charge is 2.38. The molecule has 0 atom stereocenters. The number of aliphatic carboxylic acids is 1. The summed E-state index contributed by atoms with van der Waals surface area (Å²) >= 11 is 0. The van der Waals surface area contributed by atoms with E-state index in [9.17, 15) is 21.6 Å². The van der Waals surface area contributed by atoms with Crippen molar-refractivity contribution in [1.82, 2.24) is 19.6 Å². The van der Waals surface area contributed by atoms with Gasteiger partial charge in [0, 0.05) is 32.2 Å². The maximum absolute atomic E-state index is 11.4. The number of imidazole rings is 1. The number of nitrogens with one attached hydrogen (secondary N) is 2. The molecule has 0 aliphatic rings. The number of rotatable bonds is 8. The van der Waals surface area contributed by atoms with Crippen LogP contribution in [0.1, 0.15) is 5.56 Å². The highest BCUT2D eigenvalue weighted by molar-refractivity contribution is 7.88. The molecule has 0 saturated heterocycles. The van der Waals surface area contributed by atoms with Crippen LogP contribution in [0.4, 0.5) is 13.2 Å². The molecule has 0 bridgehead atoms. The van der Waals surface area contributed by atoms with Crippen LogP contribution < -0.4 is 5.32 Å². The van der Waals surface area contributed by atoms with Crippen molar-refractivity contribution in [3.8, 4) is 22.5 Å². The van der Waals surface area contributed by atoms with Crippen molar-refractivity contribution in [2.24, 2.45) is 0 Å². The largest absolute Gasteiger partial charge is 0.490 e. The van der Waals surface area contributed by atoms with E-state index in [1.165, 1.54) is 10.6 Å². The van der Waals surface area contributed by atoms with Crippen molar-refractivity contribution in [3.05, 3.63) is 78.4 Å². The number of H-pyrrole nitrogens is 1. The van der Waals surface area contributed by atoms with Crippen molar-refractivity contribution in [2.75, 3.05) is 26.4 Å². The number of hydrogen-bond donors (Lipinski definition) is 3. The number of sulfonamides is 1. The summed E-state index contributed by atoms with van der Waals surface area (Å²) in [5, 5.41) is 10.4. The van der Waals surface area contributed by atoms with Gasteiger partial charge in [-0.15, -0.1) is 0 Å². The molecule has 202 valence electrons. The van der Waals surface area contributed by atoms with Gasteiger partial charge in [-0.1, -0.05) is 54.6 Å². The molecule has 0 radical (unpaired) electrons. The predicted octanol–water partition coefficient (Wildman–Crippen LogP) is 4.51. The molecule has 0 aliphatic carbocycles. The van der Waals surface area contributed by atoms with Gasteiger partial charge >= 0.3 is 12.1 Å². The molecule has 0 unspecified atom stereocenters. The van der Waals surface area contributed by atoms with Gasteiger partial charge in [-0.05, 0) is 34.9 Å². The first-order valence-electron chi connectivity index (χ1n) is 11.4. The number of carboxylic acid groups (broad SMARTS) is 1. The second kappa shape index (κ2) is 12.2. The van der Waals surface area contributed by atoms with Gasteiger partial charge in [-0.2, -0.15) is 13.2 Å². The quantitative estimate of drug-likeness (QED) is 0.279. The van der Waals surface area contributed by atoms with Crippen LogP contribution in [-0.2, 0) is 21.4 Å². The third-order valence-corrected chi connectivity index (χ3v) is 6.87. The average molecular weight is 549 g/mol. The number of nitrogens with zero attached hydrogens (tertiary/aromatic N) is 2. The molecule has 3 N–H and O–H groups in total. The standard InChI is InChI=1S/C24H26N4O2S.C2HF3O2/c1-28(31(2,29)30)15-14-25-17-18-10-12-19(13-11-18)20-6-5-7-21(16-20)24-26-22-8-3-4-9-23(22)27-24;3-2(4,5)1(6)7/h3-13,16,25H,14-15,17H2,1-2H3,(H,26,27);(H,6,7). The lowest BCUT2D eigenvalue weighted by Gasteiger charge is -2.14. The Morgan fingerprint density at radius 2 is 1.63 bits per heavy atom. The number of aromatic nitrogens is 2. The first-order chi connectivity index (χ1) is 17.8. The molecule has 4 rings (SSSR count). The molecule has 0 saturated carbocycles. The number of likely N-dealkylation sites (N-methyl/N-ethyl adjacent to an activating group) is 1. The number of carbonyl (C=O) groups is 1. The Balaban J connectivity index is 0.000000505. The van der Waals surface area contributed by atoms with Crippen molar-refractivity contribution >= 4 is 27.0 Å². The van der Waals surface area contributed by atoms with E-state index in [2.05, 4.69) is 52.8 Å². The van der Waals surface area contributed by atoms with Crippen LogP contribution in [-0.4, -0.2) is 66.3 Å². The fourth-order valence-corrected chi connectivity index (χ4v) is 3.81. The predicted molar refractivity (Wildman–Crippen MR) is 140 cm³/mol. The molecule has 1 aromatic heterocycles. The molecule has 0 amide bonds. The fraction of sp³-hybridized carbons (Fsp3) is 0.231. The normalized spacial score (nSPS) is 11.8. The van der Waals surface area contributed by atoms with Crippen molar-refractivity contribution in [1.29, 1.82) is 0 Å². The number of benzene rings is 3. The topological polar surface area (TPSA) is 115 Å². The summed E-state index contributed by atoms with van der Waals surface area (Å²) in [5.41, 5.74) is 6.46. The van der Waals surface area contributed by atoms with Crippen LogP contribution >= 0.6 is 0 Å². The maximum Gasteiger partial charge on any atom is 0.490 e. The summed E-state index contributed by atoms with van der Waals surface area (Å²) in [4.78, 5) is 17.0. The van der Waals surface area contributed by atoms with Gasteiger partial charge in [0.2, 0.25) is 10.0 Å². The number of aromatic amines is 1. The molecule has 12 heteroatoms. The number of halogens is 3. The van der Waals surface area contributed by atoms with Gasteiger partial charge in [0.25, 0.3) is 0 Å². The van der Waals surface area contributed by atoms with E-state index < -0.39 is 22.2 Å². The zero-order chi connectivity index (χ0) is 27.9. The highest BCUT2D eigenvalue weighted by atomic mass is 32.2. The second-order valence-electron chi connectivity index (χ2n) is 8.44. The number of hydrogen-bond acceptors (Lipinski definition) is 5. The summed E-state index contributed by atoms with van der Waals surface area (Å²) in [6.07, 6.45) is -3.87. The molecule has 4 aromatic rings. The zero-order valence-electron chi connectivity index (χ0n) is 20.7. The van der Waals surface area contributed by atoms with Gasteiger partial charge in [0.05, 0.1) is 17.3 Å². The van der Waals surface area contributed by atoms with Crippen LogP contribution in [0.2, 0.25) is 0 Å². The van der Waals surface area contributed by atoms with Crippen molar-refractivity contribution in [2.45, 2.75) is 12.7 Å². The number of alkyl halides is 3. The van der Waals surface area contributed by atoms with Crippen LogP contribution in [0, 0.1) is 0 Å². The average Bonchev–Trinajstić information content (AvgIpc) is 3.31. The molecule has 0 fully saturated rings. The summed E-state index contributed by atoms with van der Waals surface area (Å²) in [6.45, 7) is 1.74. The third-order valence-electron chi connectivity index (χ3n) is 5.55. The lowest BCUT2D eigenvalue weighted by molar-refractivity contribution is -0.192. The fourth-order valence-electron chi connectivity index (χ4n) is 3.39. The van der Waals surface area contributed by atoms with Crippen LogP contribution in [0.3, 0.4) is 0 Å². The first kappa shape index (κ1) is 28.8. The van der Waals surface area contributed by atoms with E-state index in [0.29, 0.717) is 19.6 Å². The highest BCUT2D eigenvalue weighted by Crippen LogP contribution is 2.26. The van der Waals surface area contributed by atoms with Crippen LogP contribution in [0.5, 0.6) is 0 Å². The summed E-state index contributed by atoms with van der Waals surface area (Å²) in [6, 6.07) is 24.8. The minimum Gasteiger partial charge on any atom is -0.475 e. The SMILES string of the molecule is CN(CCNCc1ccc(-c2cccc(-c3nc4ccccc4[nH]3)c2)cc1)S(C)(=O)=O.O=C(O)C(F)(F)F. The molecule has 3 aromatic carbocycles. The Hall–Kier alpha value is -3.74. The van der Waals surface area contributed by atoms with E-state index in [-0.39, 0.29) is 0 Å². The Kier molecular flexibility index (Phi) is 9.26. The van der Waals surface area contributed by atoms with E-state index >= 15 is 0 Å². The molecule has 8 nitrogen and oxygen atoms in total. The first-order valence-corrected chi connectivity index (χ1v) is 13.3. The van der Waals surface area contributed by atoms with Crippen LogP contribution in [0.25, 0.3) is 33.5 Å². The van der Waals surface area contributed by atoms with E-state index in [1.54, 1.807) is 7.05 Å². The van der Waals surface area contributed by atoms with Gasteiger partial charge in [0.1, 0.15) is 5.82 Å². The Morgan fingerprint density at radius 3 is 2.24 bits per heavy atom. The summed E-state index contributed by atoms with van der Waals surface area (Å²) < 4.78 is 55.9. The monoisotopic (exact) mass is 548 g/mol. The summed E-state index contributed by atoms with van der Waals surface area (Å²) in [5.74, 6) is -1.89. The molecule has 0 spiro atoms. The lowest BCUT2D eigenvalue weighted by Crippen LogP contribution is -2.32. The van der Waals surface area contributed by atoms with Crippen molar-refractivity contribution in [3.63, 3.8) is 0 Å². The molecule has 0 aliphatic heterocycles. The summed E-state index contributed by atoms with van der Waals surface area (Å²) in [7, 11) is -1.54. The second-order valence-corrected chi connectivity index (χ2v) is 10.5. The van der Waals surface area contributed by atoms with Gasteiger partial charge in [-0.3, -0.25) is 0 Å². The molecule has 38 heavy (non-hydrogen) atoms. The van der Waals surface area contributed by atoms with Crippen LogP contribution in [0.15, 0.2) is 72.8 Å². The number of para-hydroxylation sites is 2. The van der Waals surface area contributed by atoms with Gasteiger partial charge in [-0.25, -0.2) is 22.5 Å². The molecular weight excluding hydrogens is 521 g/mol.